The Kier molecular flexibility index (Phi) is 5.64. The minimum absolute atomic E-state index is 0.662. The van der Waals surface area contributed by atoms with Crippen LogP contribution < -0.4 is 0 Å². The number of rotatable bonds is 4. The van der Waals surface area contributed by atoms with Gasteiger partial charge in [-0.05, 0) is 28.5 Å². The van der Waals surface area contributed by atoms with E-state index in [1.54, 1.807) is 0 Å². The SMILES string of the molecule is c1ccc(-c2nc(-c3ccccc3)nc(-c3ccc(-c4cc5ccccc5c5c4sc4ccccc45)cc3)n2)cc1. The maximum Gasteiger partial charge on any atom is 0.164 e. The average molecular weight is 542 g/mol. The van der Waals surface area contributed by atoms with Crippen molar-refractivity contribution in [2.24, 2.45) is 0 Å². The van der Waals surface area contributed by atoms with Crippen LogP contribution in [0.4, 0.5) is 0 Å². The first-order valence-electron chi connectivity index (χ1n) is 13.6. The molecule has 8 rings (SSSR count). The van der Waals surface area contributed by atoms with Crippen LogP contribution in [0.25, 0.3) is 76.2 Å². The van der Waals surface area contributed by atoms with E-state index in [1.165, 1.54) is 42.1 Å². The molecule has 2 heterocycles. The van der Waals surface area contributed by atoms with Crippen LogP contribution in [-0.4, -0.2) is 15.0 Å². The summed E-state index contributed by atoms with van der Waals surface area (Å²) in [6, 6.07) is 48.5. The van der Waals surface area contributed by atoms with Gasteiger partial charge in [0.05, 0.1) is 0 Å². The molecule has 2 aromatic heterocycles. The molecule has 0 aliphatic carbocycles. The summed E-state index contributed by atoms with van der Waals surface area (Å²) < 4.78 is 2.62. The number of hydrogen-bond acceptors (Lipinski definition) is 4. The van der Waals surface area contributed by atoms with E-state index in [0.717, 1.165) is 16.7 Å². The zero-order valence-corrected chi connectivity index (χ0v) is 22.8. The van der Waals surface area contributed by atoms with Gasteiger partial charge in [-0.2, -0.15) is 0 Å². The fraction of sp³-hybridized carbons (Fsp3) is 0. The molecule has 0 aliphatic rings. The van der Waals surface area contributed by atoms with Crippen molar-refractivity contribution in [2.75, 3.05) is 0 Å². The van der Waals surface area contributed by atoms with E-state index in [2.05, 4.69) is 78.9 Å². The summed E-state index contributed by atoms with van der Waals surface area (Å²) in [6.45, 7) is 0. The van der Waals surface area contributed by atoms with E-state index in [1.807, 2.05) is 72.0 Å². The molecule has 0 unspecified atom stereocenters. The number of benzene rings is 6. The van der Waals surface area contributed by atoms with E-state index in [-0.39, 0.29) is 0 Å². The van der Waals surface area contributed by atoms with Crippen LogP contribution in [0, 0.1) is 0 Å². The van der Waals surface area contributed by atoms with Crippen molar-refractivity contribution in [2.45, 2.75) is 0 Å². The van der Waals surface area contributed by atoms with Crippen LogP contribution in [0.2, 0.25) is 0 Å². The van der Waals surface area contributed by atoms with Crippen molar-refractivity contribution in [3.63, 3.8) is 0 Å². The minimum atomic E-state index is 0.662. The Hall–Kier alpha value is -5.19. The molecule has 0 saturated heterocycles. The molecule has 192 valence electrons. The van der Waals surface area contributed by atoms with Crippen LogP contribution in [0.3, 0.4) is 0 Å². The van der Waals surface area contributed by atoms with Gasteiger partial charge < -0.3 is 0 Å². The zero-order chi connectivity index (χ0) is 27.2. The first kappa shape index (κ1) is 23.7. The van der Waals surface area contributed by atoms with Crippen molar-refractivity contribution < 1.29 is 0 Å². The third-order valence-electron chi connectivity index (χ3n) is 7.52. The Morgan fingerprint density at radius 2 is 0.902 bits per heavy atom. The summed E-state index contributed by atoms with van der Waals surface area (Å²) in [5, 5.41) is 5.20. The van der Waals surface area contributed by atoms with Gasteiger partial charge in [0.25, 0.3) is 0 Å². The van der Waals surface area contributed by atoms with Crippen LogP contribution >= 0.6 is 11.3 Å². The van der Waals surface area contributed by atoms with Crippen molar-refractivity contribution in [1.82, 2.24) is 15.0 Å². The molecule has 8 aromatic rings. The van der Waals surface area contributed by atoms with Crippen molar-refractivity contribution in [3.05, 3.63) is 140 Å². The Bertz CT molecular complexity index is 2130. The molecule has 0 spiro atoms. The quantitative estimate of drug-likeness (QED) is 0.222. The Morgan fingerprint density at radius 1 is 0.415 bits per heavy atom. The summed E-state index contributed by atoms with van der Waals surface area (Å²) in [7, 11) is 0. The first-order chi connectivity index (χ1) is 20.3. The Balaban J connectivity index is 1.28. The van der Waals surface area contributed by atoms with Crippen LogP contribution in [0.15, 0.2) is 140 Å². The highest BCUT2D eigenvalue weighted by Crippen LogP contribution is 2.44. The highest BCUT2D eigenvalue weighted by atomic mass is 32.1. The molecule has 0 aliphatic heterocycles. The topological polar surface area (TPSA) is 38.7 Å². The fourth-order valence-corrected chi connectivity index (χ4v) is 6.78. The summed E-state index contributed by atoms with van der Waals surface area (Å²) in [5.41, 5.74) is 5.31. The van der Waals surface area contributed by atoms with E-state index in [4.69, 9.17) is 15.0 Å². The highest BCUT2D eigenvalue weighted by molar-refractivity contribution is 7.26. The Morgan fingerprint density at radius 3 is 1.54 bits per heavy atom. The van der Waals surface area contributed by atoms with Gasteiger partial charge in [0.2, 0.25) is 0 Å². The number of nitrogens with zero attached hydrogens (tertiary/aromatic N) is 3. The van der Waals surface area contributed by atoms with Crippen LogP contribution in [-0.2, 0) is 0 Å². The summed E-state index contributed by atoms with van der Waals surface area (Å²) in [4.78, 5) is 14.6. The maximum atomic E-state index is 4.90. The third kappa shape index (κ3) is 4.17. The molecule has 0 bridgehead atoms. The molecule has 0 fully saturated rings. The molecule has 0 saturated carbocycles. The number of fused-ring (bicyclic) bond motifs is 5. The first-order valence-corrected chi connectivity index (χ1v) is 14.4. The second-order valence-electron chi connectivity index (χ2n) is 10.1. The van der Waals surface area contributed by atoms with Gasteiger partial charge in [-0.3, -0.25) is 0 Å². The van der Waals surface area contributed by atoms with Gasteiger partial charge in [0.15, 0.2) is 17.5 Å². The molecule has 6 aromatic carbocycles. The monoisotopic (exact) mass is 541 g/mol. The van der Waals surface area contributed by atoms with Crippen molar-refractivity contribution in [1.29, 1.82) is 0 Å². The molecular weight excluding hydrogens is 518 g/mol. The van der Waals surface area contributed by atoms with Gasteiger partial charge in [-0.25, -0.2) is 15.0 Å². The summed E-state index contributed by atoms with van der Waals surface area (Å²) >= 11 is 1.86. The molecule has 41 heavy (non-hydrogen) atoms. The normalized spacial score (nSPS) is 11.4. The third-order valence-corrected chi connectivity index (χ3v) is 8.73. The van der Waals surface area contributed by atoms with E-state index < -0.39 is 0 Å². The fourth-order valence-electron chi connectivity index (χ4n) is 5.53. The van der Waals surface area contributed by atoms with Gasteiger partial charge in [-0.1, -0.05) is 127 Å². The lowest BCUT2D eigenvalue weighted by Gasteiger charge is -2.10. The number of aromatic nitrogens is 3. The van der Waals surface area contributed by atoms with E-state index in [0.29, 0.717) is 17.5 Å². The molecule has 0 amide bonds. The lowest BCUT2D eigenvalue weighted by atomic mass is 9.96. The highest BCUT2D eigenvalue weighted by Gasteiger charge is 2.16. The van der Waals surface area contributed by atoms with Gasteiger partial charge >= 0.3 is 0 Å². The van der Waals surface area contributed by atoms with Crippen LogP contribution in [0.5, 0.6) is 0 Å². The van der Waals surface area contributed by atoms with E-state index >= 15 is 0 Å². The zero-order valence-electron chi connectivity index (χ0n) is 22.0. The van der Waals surface area contributed by atoms with E-state index in [9.17, 15) is 0 Å². The molecule has 0 atom stereocenters. The summed E-state index contributed by atoms with van der Waals surface area (Å²) in [6.07, 6.45) is 0. The molecule has 0 N–H and O–H groups in total. The van der Waals surface area contributed by atoms with Gasteiger partial charge in [-0.15, -0.1) is 11.3 Å². The van der Waals surface area contributed by atoms with Gasteiger partial charge in [0, 0.05) is 42.4 Å². The van der Waals surface area contributed by atoms with Gasteiger partial charge in [0.1, 0.15) is 0 Å². The second-order valence-corrected chi connectivity index (χ2v) is 11.1. The number of hydrogen-bond donors (Lipinski definition) is 0. The lowest BCUT2D eigenvalue weighted by Crippen LogP contribution is -2.00. The minimum Gasteiger partial charge on any atom is -0.208 e. The lowest BCUT2D eigenvalue weighted by molar-refractivity contribution is 1.07. The van der Waals surface area contributed by atoms with Crippen LogP contribution in [0.1, 0.15) is 0 Å². The maximum absolute atomic E-state index is 4.90. The Labute approximate surface area is 241 Å². The second kappa shape index (κ2) is 9.77. The summed E-state index contributed by atoms with van der Waals surface area (Å²) in [5.74, 6) is 2.00. The van der Waals surface area contributed by atoms with Crippen molar-refractivity contribution >= 4 is 42.3 Å². The van der Waals surface area contributed by atoms with Crippen molar-refractivity contribution in [3.8, 4) is 45.3 Å². The average Bonchev–Trinajstić information content (AvgIpc) is 3.45. The smallest absolute Gasteiger partial charge is 0.164 e. The number of thiophene rings is 1. The largest absolute Gasteiger partial charge is 0.208 e. The molecule has 0 radical (unpaired) electrons. The predicted molar refractivity (Wildman–Crippen MR) is 172 cm³/mol. The molecule has 3 nitrogen and oxygen atoms in total. The predicted octanol–water partition coefficient (Wildman–Crippen LogP) is 10.1. The standard InChI is InChI=1S/C37H23N3S/c1-3-11-25(12-4-1)35-38-36(26-13-5-2-6-14-26)40-37(39-35)27-21-19-24(20-22-27)31-23-28-15-7-8-16-29(28)33-30-17-9-10-18-32(30)41-34(31)33/h1-23H. The molecule has 4 heteroatoms. The molecular formula is C37H23N3S.